The van der Waals surface area contributed by atoms with E-state index in [1.54, 1.807) is 0 Å². The van der Waals surface area contributed by atoms with Crippen LogP contribution < -0.4 is 5.73 Å². The van der Waals surface area contributed by atoms with Gasteiger partial charge in [0.25, 0.3) is 0 Å². The molecule has 0 amide bonds. The van der Waals surface area contributed by atoms with E-state index >= 15 is 0 Å². The monoisotopic (exact) mass is 264 g/mol. The van der Waals surface area contributed by atoms with Gasteiger partial charge in [0.1, 0.15) is 5.54 Å². The van der Waals surface area contributed by atoms with Crippen LogP contribution in [0.15, 0.2) is 0 Å². The van der Waals surface area contributed by atoms with Crippen molar-refractivity contribution < 1.29 is 0 Å². The molecule has 2 aliphatic heterocycles. The molecule has 19 heavy (non-hydrogen) atoms. The van der Waals surface area contributed by atoms with Gasteiger partial charge in [-0.2, -0.15) is 5.26 Å². The van der Waals surface area contributed by atoms with Crippen LogP contribution in [0.25, 0.3) is 0 Å². The number of nitriles is 1. The van der Waals surface area contributed by atoms with Gasteiger partial charge in [0.05, 0.1) is 6.07 Å². The highest BCUT2D eigenvalue weighted by molar-refractivity contribution is 5.07. The fourth-order valence-electron chi connectivity index (χ4n) is 3.14. The number of unbranched alkanes of at least 4 members (excludes halogenated alkanes) is 1. The van der Waals surface area contributed by atoms with Gasteiger partial charge < -0.3 is 15.5 Å². The summed E-state index contributed by atoms with van der Waals surface area (Å²) in [5.41, 5.74) is 5.43. The molecule has 108 valence electrons. The molecule has 0 radical (unpaired) electrons. The Morgan fingerprint density at radius 1 is 0.895 bits per heavy atom. The fourth-order valence-corrected chi connectivity index (χ4v) is 3.14. The smallest absolute Gasteiger partial charge is 0.106 e. The summed E-state index contributed by atoms with van der Waals surface area (Å²) in [6.07, 6.45) is 8.44. The summed E-state index contributed by atoms with van der Waals surface area (Å²) in [7, 11) is 0. The molecule has 0 atom stereocenters. The van der Waals surface area contributed by atoms with E-state index in [4.69, 9.17) is 11.0 Å². The predicted octanol–water partition coefficient (Wildman–Crippen LogP) is 1.57. The Bertz CT molecular complexity index is 296. The number of hydrogen-bond acceptors (Lipinski definition) is 4. The molecule has 0 spiro atoms. The van der Waals surface area contributed by atoms with E-state index in [1.165, 1.54) is 58.3 Å². The van der Waals surface area contributed by atoms with Gasteiger partial charge in [-0.25, -0.2) is 0 Å². The number of nitrogens with zero attached hydrogens (tertiary/aromatic N) is 3. The third-order valence-corrected chi connectivity index (χ3v) is 4.62. The van der Waals surface area contributed by atoms with Gasteiger partial charge in [-0.1, -0.05) is 6.42 Å². The van der Waals surface area contributed by atoms with E-state index < -0.39 is 5.54 Å². The van der Waals surface area contributed by atoms with E-state index in [9.17, 15) is 0 Å². The molecule has 2 aliphatic rings. The number of hydrogen-bond donors (Lipinski definition) is 1. The number of nitrogens with two attached hydrogens (primary N) is 1. The molecule has 0 aromatic carbocycles. The fraction of sp³-hybridized carbons (Fsp3) is 0.933. The lowest BCUT2D eigenvalue weighted by molar-refractivity contribution is 0.177. The summed E-state index contributed by atoms with van der Waals surface area (Å²) in [5, 5.41) is 9.00. The highest BCUT2D eigenvalue weighted by Gasteiger charge is 2.30. The van der Waals surface area contributed by atoms with Gasteiger partial charge in [0.2, 0.25) is 0 Å². The van der Waals surface area contributed by atoms with Crippen LogP contribution in [0.3, 0.4) is 0 Å². The van der Waals surface area contributed by atoms with Gasteiger partial charge in [-0.05, 0) is 64.7 Å². The first-order valence-corrected chi connectivity index (χ1v) is 7.87. The average Bonchev–Trinajstić information content (AvgIpc) is 2.47. The highest BCUT2D eigenvalue weighted by Crippen LogP contribution is 2.19. The molecule has 0 saturated carbocycles. The van der Waals surface area contributed by atoms with Crippen LogP contribution in [0.2, 0.25) is 0 Å². The largest absolute Gasteiger partial charge is 0.313 e. The van der Waals surface area contributed by atoms with E-state index in [0.717, 1.165) is 25.9 Å². The summed E-state index contributed by atoms with van der Waals surface area (Å²) < 4.78 is 0. The Hall–Kier alpha value is -0.630. The van der Waals surface area contributed by atoms with Crippen LogP contribution in [0.4, 0.5) is 0 Å². The van der Waals surface area contributed by atoms with Crippen molar-refractivity contribution in [1.29, 1.82) is 5.26 Å². The third-order valence-electron chi connectivity index (χ3n) is 4.62. The predicted molar refractivity (Wildman–Crippen MR) is 77.7 cm³/mol. The van der Waals surface area contributed by atoms with Crippen LogP contribution in [-0.4, -0.2) is 54.6 Å². The molecular weight excluding hydrogens is 236 g/mol. The zero-order valence-electron chi connectivity index (χ0n) is 12.1. The molecule has 4 nitrogen and oxygen atoms in total. The van der Waals surface area contributed by atoms with Crippen molar-refractivity contribution >= 4 is 0 Å². The first-order chi connectivity index (χ1) is 9.22. The van der Waals surface area contributed by atoms with Gasteiger partial charge >= 0.3 is 0 Å². The van der Waals surface area contributed by atoms with Gasteiger partial charge in [0.15, 0.2) is 0 Å². The second-order valence-corrected chi connectivity index (χ2v) is 6.22. The molecule has 2 rings (SSSR count). The first kappa shape index (κ1) is 14.8. The van der Waals surface area contributed by atoms with E-state index in [-0.39, 0.29) is 0 Å². The molecule has 0 aliphatic carbocycles. The lowest BCUT2D eigenvalue weighted by Crippen LogP contribution is -2.49. The van der Waals surface area contributed by atoms with Crippen LogP contribution in [0.5, 0.6) is 0 Å². The maximum atomic E-state index is 9.00. The number of piperidine rings is 2. The lowest BCUT2D eigenvalue weighted by Gasteiger charge is -2.34. The van der Waals surface area contributed by atoms with Gasteiger partial charge in [0, 0.05) is 13.1 Å². The van der Waals surface area contributed by atoms with Crippen molar-refractivity contribution in [3.05, 3.63) is 0 Å². The minimum absolute atomic E-state index is 0.551. The summed E-state index contributed by atoms with van der Waals surface area (Å²) >= 11 is 0. The van der Waals surface area contributed by atoms with Crippen LogP contribution >= 0.6 is 0 Å². The minimum Gasteiger partial charge on any atom is -0.313 e. The standard InChI is InChI=1S/C15H28N4/c16-14-15(17)6-12-19(13-7-15)11-5-4-10-18-8-2-1-3-9-18/h1-13,17H2. The quantitative estimate of drug-likeness (QED) is 0.766. The Morgan fingerprint density at radius 2 is 1.42 bits per heavy atom. The van der Waals surface area contributed by atoms with Crippen molar-refractivity contribution in [2.75, 3.05) is 39.3 Å². The van der Waals surface area contributed by atoms with Crippen molar-refractivity contribution in [2.45, 2.75) is 50.5 Å². The molecule has 0 bridgehead atoms. The summed E-state index contributed by atoms with van der Waals surface area (Å²) in [5.74, 6) is 0. The summed E-state index contributed by atoms with van der Waals surface area (Å²) in [4.78, 5) is 5.08. The zero-order valence-corrected chi connectivity index (χ0v) is 12.1. The van der Waals surface area contributed by atoms with Crippen molar-refractivity contribution in [3.63, 3.8) is 0 Å². The second kappa shape index (κ2) is 7.23. The zero-order chi connectivity index (χ0) is 13.6. The van der Waals surface area contributed by atoms with Crippen molar-refractivity contribution in [3.8, 4) is 6.07 Å². The van der Waals surface area contributed by atoms with Gasteiger partial charge in [-0.15, -0.1) is 0 Å². The first-order valence-electron chi connectivity index (χ1n) is 7.87. The molecule has 0 aromatic rings. The van der Waals surface area contributed by atoms with Gasteiger partial charge in [-0.3, -0.25) is 0 Å². The summed E-state index contributed by atoms with van der Waals surface area (Å²) in [6, 6.07) is 2.26. The number of likely N-dealkylation sites (tertiary alicyclic amines) is 2. The molecule has 2 saturated heterocycles. The molecule has 2 heterocycles. The Labute approximate surface area is 117 Å². The van der Waals surface area contributed by atoms with E-state index in [2.05, 4.69) is 15.9 Å². The Morgan fingerprint density at radius 3 is 1.95 bits per heavy atom. The SMILES string of the molecule is N#CC1(N)CCN(CCCCN2CCCCC2)CC1. The molecule has 2 fully saturated rings. The maximum Gasteiger partial charge on any atom is 0.106 e. The lowest BCUT2D eigenvalue weighted by atomic mass is 9.90. The second-order valence-electron chi connectivity index (χ2n) is 6.22. The van der Waals surface area contributed by atoms with Crippen LogP contribution in [0.1, 0.15) is 44.9 Å². The minimum atomic E-state index is -0.551. The normalized spacial score (nSPS) is 25.1. The molecule has 0 unspecified atom stereocenters. The number of rotatable bonds is 5. The Kier molecular flexibility index (Phi) is 5.62. The van der Waals surface area contributed by atoms with Crippen molar-refractivity contribution in [2.24, 2.45) is 5.73 Å². The van der Waals surface area contributed by atoms with Crippen molar-refractivity contribution in [1.82, 2.24) is 9.80 Å². The van der Waals surface area contributed by atoms with E-state index in [1.807, 2.05) is 0 Å². The third kappa shape index (κ3) is 4.76. The Balaban J connectivity index is 1.53. The molecular formula is C15H28N4. The average molecular weight is 264 g/mol. The highest BCUT2D eigenvalue weighted by atomic mass is 15.1. The summed E-state index contributed by atoms with van der Waals surface area (Å²) in [6.45, 7) is 7.05. The van der Waals surface area contributed by atoms with Crippen LogP contribution in [-0.2, 0) is 0 Å². The topological polar surface area (TPSA) is 56.3 Å². The molecule has 4 heteroatoms. The molecule has 2 N–H and O–H groups in total. The van der Waals surface area contributed by atoms with E-state index in [0.29, 0.717) is 0 Å². The maximum absolute atomic E-state index is 9.00. The van der Waals surface area contributed by atoms with Crippen LogP contribution in [0, 0.1) is 11.3 Å². The molecule has 0 aromatic heterocycles.